The number of carbonyl (C=O) groups excluding carboxylic acids is 1. The highest BCUT2D eigenvalue weighted by Gasteiger charge is 2.04. The van der Waals surface area contributed by atoms with Crippen molar-refractivity contribution in [2.45, 2.75) is 20.3 Å². The number of esters is 1. The third kappa shape index (κ3) is 3.82. The summed E-state index contributed by atoms with van der Waals surface area (Å²) in [6.45, 7) is 4.12. The minimum absolute atomic E-state index is 0.337. The molecular weight excluding hydrogens is 248 g/mol. The van der Waals surface area contributed by atoms with E-state index in [-0.39, 0.29) is 5.97 Å². The molecular formula is C18H18O2. The average Bonchev–Trinajstić information content (AvgIpc) is 2.49. The van der Waals surface area contributed by atoms with Crippen molar-refractivity contribution in [1.82, 2.24) is 0 Å². The summed E-state index contributed by atoms with van der Waals surface area (Å²) in [6.07, 6.45) is 4.17. The third-order valence-corrected chi connectivity index (χ3v) is 3.11. The molecule has 0 heterocycles. The van der Waals surface area contributed by atoms with Crippen LogP contribution in [0.3, 0.4) is 0 Å². The molecule has 0 bridgehead atoms. The molecule has 0 fully saturated rings. The van der Waals surface area contributed by atoms with E-state index >= 15 is 0 Å². The molecule has 0 amide bonds. The van der Waals surface area contributed by atoms with Gasteiger partial charge in [-0.15, -0.1) is 0 Å². The van der Waals surface area contributed by atoms with Crippen molar-refractivity contribution in [2.24, 2.45) is 0 Å². The van der Waals surface area contributed by atoms with Gasteiger partial charge >= 0.3 is 5.97 Å². The average molecular weight is 266 g/mol. The van der Waals surface area contributed by atoms with Gasteiger partial charge in [0.2, 0.25) is 0 Å². The van der Waals surface area contributed by atoms with E-state index in [2.05, 4.69) is 6.92 Å². The Hall–Kier alpha value is -2.35. The first-order valence-electron chi connectivity index (χ1n) is 6.72. The molecule has 0 aromatic heterocycles. The Labute approximate surface area is 119 Å². The number of hydrogen-bond acceptors (Lipinski definition) is 2. The summed E-state index contributed by atoms with van der Waals surface area (Å²) in [7, 11) is 0. The molecule has 0 saturated carbocycles. The van der Waals surface area contributed by atoms with E-state index in [1.807, 2.05) is 43.3 Å². The highest BCUT2D eigenvalue weighted by atomic mass is 16.5. The molecule has 2 aromatic rings. The van der Waals surface area contributed by atoms with Crippen LogP contribution < -0.4 is 0 Å². The fourth-order valence-corrected chi connectivity index (χ4v) is 1.80. The van der Waals surface area contributed by atoms with E-state index in [4.69, 9.17) is 4.74 Å². The maximum atomic E-state index is 11.8. The van der Waals surface area contributed by atoms with Crippen LogP contribution in [0.4, 0.5) is 0 Å². The maximum absolute atomic E-state index is 11.8. The molecule has 0 spiro atoms. The van der Waals surface area contributed by atoms with Crippen LogP contribution in [-0.2, 0) is 11.2 Å². The van der Waals surface area contributed by atoms with Gasteiger partial charge in [0.15, 0.2) is 0 Å². The Morgan fingerprint density at radius 2 is 1.70 bits per heavy atom. The van der Waals surface area contributed by atoms with Crippen molar-refractivity contribution in [3.63, 3.8) is 0 Å². The van der Waals surface area contributed by atoms with Gasteiger partial charge in [-0.1, -0.05) is 48.9 Å². The van der Waals surface area contributed by atoms with Gasteiger partial charge in [0.05, 0.1) is 11.8 Å². The second-order valence-electron chi connectivity index (χ2n) is 4.67. The number of benzene rings is 2. The van der Waals surface area contributed by atoms with E-state index in [1.54, 1.807) is 18.2 Å². The quantitative estimate of drug-likeness (QED) is 0.606. The zero-order valence-corrected chi connectivity index (χ0v) is 11.8. The van der Waals surface area contributed by atoms with Crippen molar-refractivity contribution in [3.8, 4) is 0 Å². The van der Waals surface area contributed by atoms with E-state index in [9.17, 15) is 4.79 Å². The molecule has 102 valence electrons. The van der Waals surface area contributed by atoms with Gasteiger partial charge in [-0.2, -0.15) is 0 Å². The lowest BCUT2D eigenvalue weighted by molar-refractivity contribution is 0.0665. The number of rotatable bonds is 4. The smallest absolute Gasteiger partial charge is 0.342 e. The molecule has 0 saturated heterocycles. The van der Waals surface area contributed by atoms with Crippen LogP contribution in [0.1, 0.15) is 34.0 Å². The van der Waals surface area contributed by atoms with Crippen LogP contribution >= 0.6 is 0 Å². The largest absolute Gasteiger partial charge is 0.431 e. The van der Waals surface area contributed by atoms with E-state index in [1.165, 1.54) is 17.4 Å². The van der Waals surface area contributed by atoms with E-state index in [0.717, 1.165) is 12.0 Å². The minimum Gasteiger partial charge on any atom is -0.431 e. The molecule has 0 aliphatic rings. The van der Waals surface area contributed by atoms with Gasteiger partial charge in [-0.25, -0.2) is 4.79 Å². The lowest BCUT2D eigenvalue weighted by Crippen LogP contribution is -2.00. The SMILES string of the molecule is CCc1ccc(C(=O)OC=Cc2ccc(C)cc2)cc1. The van der Waals surface area contributed by atoms with E-state index in [0.29, 0.717) is 5.56 Å². The predicted octanol–water partition coefficient (Wildman–Crippen LogP) is 4.39. The molecule has 2 nitrogen and oxygen atoms in total. The molecule has 2 aromatic carbocycles. The normalized spacial score (nSPS) is 10.7. The number of carbonyl (C=O) groups is 1. The summed E-state index contributed by atoms with van der Waals surface area (Å²) in [5, 5.41) is 0. The monoisotopic (exact) mass is 266 g/mol. The molecule has 0 unspecified atom stereocenters. The summed E-state index contributed by atoms with van der Waals surface area (Å²) in [5.41, 5.74) is 3.98. The second kappa shape index (κ2) is 6.71. The van der Waals surface area contributed by atoms with E-state index < -0.39 is 0 Å². The van der Waals surface area contributed by atoms with Gasteiger partial charge < -0.3 is 4.74 Å². The lowest BCUT2D eigenvalue weighted by Gasteiger charge is -2.01. The predicted molar refractivity (Wildman–Crippen MR) is 81.4 cm³/mol. The maximum Gasteiger partial charge on any atom is 0.342 e. The van der Waals surface area contributed by atoms with Gasteiger partial charge in [-0.3, -0.25) is 0 Å². The zero-order valence-electron chi connectivity index (χ0n) is 11.8. The molecule has 0 aliphatic carbocycles. The molecule has 0 N–H and O–H groups in total. The van der Waals surface area contributed by atoms with Crippen LogP contribution in [0.15, 0.2) is 54.8 Å². The fourth-order valence-electron chi connectivity index (χ4n) is 1.80. The van der Waals surface area contributed by atoms with Crippen molar-refractivity contribution >= 4 is 12.0 Å². The van der Waals surface area contributed by atoms with Crippen LogP contribution in [0, 0.1) is 6.92 Å². The van der Waals surface area contributed by atoms with Gasteiger partial charge in [0, 0.05) is 0 Å². The first-order valence-corrected chi connectivity index (χ1v) is 6.72. The highest BCUT2D eigenvalue weighted by molar-refractivity contribution is 5.90. The first kappa shape index (κ1) is 14.1. The summed E-state index contributed by atoms with van der Waals surface area (Å²) < 4.78 is 5.12. The van der Waals surface area contributed by atoms with Crippen LogP contribution in [0.5, 0.6) is 0 Å². The topological polar surface area (TPSA) is 26.3 Å². The number of aryl methyl sites for hydroxylation is 2. The summed E-state index contributed by atoms with van der Waals surface area (Å²) >= 11 is 0. The Bertz CT molecular complexity index is 592. The van der Waals surface area contributed by atoms with Crippen molar-refractivity contribution < 1.29 is 9.53 Å². The Kier molecular flexibility index (Phi) is 4.72. The molecule has 2 rings (SSSR count). The summed E-state index contributed by atoms with van der Waals surface area (Å²) in [4.78, 5) is 11.8. The molecule has 2 heteroatoms. The third-order valence-electron chi connectivity index (χ3n) is 3.11. The molecule has 0 radical (unpaired) electrons. The molecule has 20 heavy (non-hydrogen) atoms. The minimum atomic E-state index is -0.337. The second-order valence-corrected chi connectivity index (χ2v) is 4.67. The zero-order chi connectivity index (χ0) is 14.4. The van der Waals surface area contributed by atoms with Crippen molar-refractivity contribution in [2.75, 3.05) is 0 Å². The van der Waals surface area contributed by atoms with Gasteiger partial charge in [0.25, 0.3) is 0 Å². The molecule has 0 aliphatic heterocycles. The number of ether oxygens (including phenoxy) is 1. The Morgan fingerprint density at radius 1 is 1.05 bits per heavy atom. The standard InChI is InChI=1S/C18H18O2/c1-3-15-8-10-17(11-9-15)18(19)20-13-12-16-6-4-14(2)5-7-16/h4-13H,3H2,1-2H3. The van der Waals surface area contributed by atoms with Crippen LogP contribution in [-0.4, -0.2) is 5.97 Å². The Balaban J connectivity index is 1.95. The van der Waals surface area contributed by atoms with Crippen LogP contribution in [0.25, 0.3) is 6.08 Å². The van der Waals surface area contributed by atoms with Gasteiger partial charge in [0.1, 0.15) is 0 Å². The Morgan fingerprint density at radius 3 is 2.30 bits per heavy atom. The lowest BCUT2D eigenvalue weighted by atomic mass is 10.1. The van der Waals surface area contributed by atoms with Crippen molar-refractivity contribution in [3.05, 3.63) is 77.0 Å². The molecule has 0 atom stereocenters. The fraction of sp³-hybridized carbons (Fsp3) is 0.167. The summed E-state index contributed by atoms with van der Waals surface area (Å²) in [5.74, 6) is -0.337. The summed E-state index contributed by atoms with van der Waals surface area (Å²) in [6, 6.07) is 15.5. The first-order chi connectivity index (χ1) is 9.69. The highest BCUT2D eigenvalue weighted by Crippen LogP contribution is 2.08. The van der Waals surface area contributed by atoms with Gasteiger partial charge in [-0.05, 0) is 42.7 Å². The van der Waals surface area contributed by atoms with Crippen LogP contribution in [0.2, 0.25) is 0 Å². The van der Waals surface area contributed by atoms with Crippen molar-refractivity contribution in [1.29, 1.82) is 0 Å². The number of hydrogen-bond donors (Lipinski definition) is 0.